The van der Waals surface area contributed by atoms with Gasteiger partial charge in [0.1, 0.15) is 82.2 Å². The first-order valence-electron chi connectivity index (χ1n) is 25.5. The minimum absolute atomic E-state index is 0.00347. The van der Waals surface area contributed by atoms with E-state index in [4.69, 9.17) is 24.7 Å². The van der Waals surface area contributed by atoms with Gasteiger partial charge in [0.05, 0.1) is 47.8 Å². The van der Waals surface area contributed by atoms with Gasteiger partial charge in [-0.25, -0.2) is 39.7 Å². The number of nitrogens with one attached hydrogen (secondary N) is 6. The maximum atomic E-state index is 14.3. The Morgan fingerprint density at radius 2 is 1.36 bits per heavy atom. The van der Waals surface area contributed by atoms with Gasteiger partial charge < -0.3 is 46.9 Å². The molecule has 6 amide bonds. The van der Waals surface area contributed by atoms with Crippen LogP contribution in [0.3, 0.4) is 0 Å². The molecule has 4 atom stereocenters. The van der Waals surface area contributed by atoms with Crippen molar-refractivity contribution in [1.29, 1.82) is 0 Å². The van der Waals surface area contributed by atoms with Crippen LogP contribution in [-0.4, -0.2) is 107 Å². The summed E-state index contributed by atoms with van der Waals surface area (Å²) in [6.45, 7) is 4.93. The summed E-state index contributed by atoms with van der Waals surface area (Å²) in [6, 6.07) is 14.9. The van der Waals surface area contributed by atoms with E-state index >= 15 is 0 Å². The molecule has 9 aromatic rings. The number of fused-ring (bicyclic) bond motifs is 14. The molecular weight excluding hydrogens is 1200 g/mol. The number of benzene rings is 2. The number of ether oxygens (including phenoxy) is 1. The lowest BCUT2D eigenvalue weighted by Gasteiger charge is -2.23. The highest BCUT2D eigenvalue weighted by Crippen LogP contribution is 2.40. The van der Waals surface area contributed by atoms with Crippen LogP contribution in [0.4, 0.5) is 5.82 Å². The molecule has 8 N–H and O–H groups in total. The van der Waals surface area contributed by atoms with Crippen molar-refractivity contribution in [2.75, 3.05) is 26.0 Å². The van der Waals surface area contributed by atoms with Gasteiger partial charge in [0.2, 0.25) is 11.8 Å². The molecule has 0 aliphatic carbocycles. The van der Waals surface area contributed by atoms with E-state index in [-0.39, 0.29) is 58.0 Å². The largest absolute Gasteiger partial charge is 0.478 e. The molecule has 0 saturated heterocycles. The van der Waals surface area contributed by atoms with E-state index in [9.17, 15) is 43.8 Å². The van der Waals surface area contributed by atoms with E-state index in [1.165, 1.54) is 72.4 Å². The average Bonchev–Trinajstić information content (AvgIpc) is 3.76. The summed E-state index contributed by atoms with van der Waals surface area (Å²) >= 11 is 7.09. The van der Waals surface area contributed by atoms with Crippen LogP contribution >= 0.6 is 68.0 Å². The molecule has 1 aliphatic rings. The third kappa shape index (κ3) is 13.0. The number of aliphatic hydroxyl groups excluding tert-OH is 1. The van der Waals surface area contributed by atoms with Crippen LogP contribution in [-0.2, 0) is 20.9 Å². The fraction of sp³-hybridized carbons (Fsp3) is 0.236. The van der Waals surface area contributed by atoms with Crippen LogP contribution in [0.25, 0.3) is 43.4 Å². The van der Waals surface area contributed by atoms with E-state index in [1.54, 1.807) is 70.9 Å². The van der Waals surface area contributed by atoms with Crippen molar-refractivity contribution in [3.63, 3.8) is 0 Å². The molecule has 2 aromatic carbocycles. The Labute approximate surface area is 502 Å². The van der Waals surface area contributed by atoms with Crippen LogP contribution in [0, 0.1) is 12.8 Å². The maximum Gasteiger partial charge on any atom is 0.335 e. The first-order valence-corrected chi connectivity index (χ1v) is 30.7. The minimum Gasteiger partial charge on any atom is -0.478 e. The SMILES string of the molecule is CNC(=O)C[C@@H]1NC(=O)c2csc(n2)-c2ccc(-c3nc(NC(=O)c4ccc(C(=O)O)cc4)cs3)nc2-c2csc(n2)-c2csc(n2)[C@H]([C@@H](O)c2ccccc2)NC(=O)CNC(=O)c2nc(sc2COC)[C@@H](C(C)C)NC(=O)c2nc1sc2C. The maximum absolute atomic E-state index is 14.3. The fourth-order valence-electron chi connectivity index (χ4n) is 8.59. The molecule has 1 aliphatic heterocycles. The smallest absolute Gasteiger partial charge is 0.335 e. The van der Waals surface area contributed by atoms with Gasteiger partial charge in [0.25, 0.3) is 23.6 Å². The number of carboxylic acids is 1. The zero-order valence-electron chi connectivity index (χ0n) is 44.9. The number of hydrogen-bond acceptors (Lipinski definition) is 22. The Kier molecular flexibility index (Phi) is 17.9. The highest BCUT2D eigenvalue weighted by atomic mass is 32.1. The molecule has 0 spiro atoms. The lowest BCUT2D eigenvalue weighted by atomic mass is 10.0. The van der Waals surface area contributed by atoms with Crippen molar-refractivity contribution >= 4 is 115 Å². The fourth-order valence-corrected chi connectivity index (χ4v) is 14.1. The van der Waals surface area contributed by atoms with Crippen LogP contribution in [0.5, 0.6) is 0 Å². The van der Waals surface area contributed by atoms with E-state index < -0.39 is 72.2 Å². The molecule has 10 bridgehead atoms. The summed E-state index contributed by atoms with van der Waals surface area (Å²) in [7, 11) is 2.93. The Hall–Kier alpha value is -8.42. The molecule has 8 heterocycles. The summed E-state index contributed by atoms with van der Waals surface area (Å²) < 4.78 is 5.44. The zero-order valence-corrected chi connectivity index (χ0v) is 49.8. The second kappa shape index (κ2) is 25.6. The Balaban J connectivity index is 1.04. The molecule has 0 unspecified atom stereocenters. The monoisotopic (exact) mass is 1240 g/mol. The number of carboxylic acid groups (broad SMARTS) is 1. The summed E-state index contributed by atoms with van der Waals surface area (Å²) in [4.78, 5) is 129. The highest BCUT2D eigenvalue weighted by molar-refractivity contribution is 7.15. The number of nitrogens with zero attached hydrogens (tertiary/aromatic N) is 7. The number of carbonyl (C=O) groups excluding carboxylic acids is 6. The number of aromatic nitrogens is 7. The second-order valence-electron chi connectivity index (χ2n) is 19.0. The third-order valence-electron chi connectivity index (χ3n) is 12.9. The number of hydrogen-bond donors (Lipinski definition) is 8. The molecule has 0 fully saturated rings. The number of pyridine rings is 1. The van der Waals surface area contributed by atoms with Crippen molar-refractivity contribution in [3.05, 3.63) is 147 Å². The summed E-state index contributed by atoms with van der Waals surface area (Å²) in [5.41, 5.74) is 2.81. The molecule has 430 valence electrons. The van der Waals surface area contributed by atoms with Crippen molar-refractivity contribution in [2.45, 2.75) is 58.0 Å². The lowest BCUT2D eigenvalue weighted by molar-refractivity contribution is -0.122. The van der Waals surface area contributed by atoms with Gasteiger partial charge in [-0.1, -0.05) is 44.2 Å². The number of carbonyl (C=O) groups is 7. The van der Waals surface area contributed by atoms with Gasteiger partial charge in [0.15, 0.2) is 0 Å². The molecule has 0 radical (unpaired) electrons. The number of thiazole rings is 6. The Morgan fingerprint density at radius 1 is 0.667 bits per heavy atom. The zero-order chi connectivity index (χ0) is 59.3. The number of anilines is 1. The standard InChI is InChI=1S/C55H49N13O10S6/c1-24(2)39-54-68-42(35(84-54)19-78-5)47(74)57-18-38(70)65-43(44(71)26-9-7-6-8-10-26)53-62-34(22-81-53)51-60-32(20-80-51)41-29(15-16-30(58-41)50-64-36(23-82-50)63-45(72)27-11-13-28(14-12-27)55(76)77)49-61-33(21-79-49)46(73)59-31(17-37(69)56-4)52-67-40(25(3)83-52)48(75)66-39/h6-16,20-24,31,39,43-44,71H,17-19H2,1-5H3,(H,56,69)(H,57,74)(H,59,73)(H,63,72)(H,65,70)(H,66,75)(H,76,77)/t31-,39+,43-,44-/m0/s1. The molecule has 10 rings (SSSR count). The van der Waals surface area contributed by atoms with Gasteiger partial charge in [-0.05, 0) is 54.8 Å². The normalized spacial score (nSPS) is 16.2. The molecule has 29 heteroatoms. The predicted molar refractivity (Wildman–Crippen MR) is 318 cm³/mol. The van der Waals surface area contributed by atoms with E-state index in [2.05, 4.69) is 46.9 Å². The summed E-state index contributed by atoms with van der Waals surface area (Å²) in [5.74, 6) is -4.59. The molecule has 23 nitrogen and oxygen atoms in total. The Morgan fingerprint density at radius 3 is 2.10 bits per heavy atom. The average molecular weight is 1240 g/mol. The van der Waals surface area contributed by atoms with Crippen molar-refractivity contribution in [1.82, 2.24) is 61.5 Å². The van der Waals surface area contributed by atoms with Gasteiger partial charge in [-0.3, -0.25) is 28.8 Å². The molecule has 84 heavy (non-hydrogen) atoms. The number of aliphatic hydroxyl groups is 1. The molecule has 7 aromatic heterocycles. The first-order chi connectivity index (χ1) is 40.4. The van der Waals surface area contributed by atoms with E-state index in [0.29, 0.717) is 68.7 Å². The van der Waals surface area contributed by atoms with E-state index in [1.807, 2.05) is 13.8 Å². The number of rotatable bonds is 11. The van der Waals surface area contributed by atoms with Gasteiger partial charge in [-0.2, -0.15) is 0 Å². The number of amides is 6. The van der Waals surface area contributed by atoms with Crippen molar-refractivity contribution < 1.29 is 48.5 Å². The van der Waals surface area contributed by atoms with Crippen LogP contribution < -0.4 is 31.9 Å². The topological polar surface area (TPSA) is 332 Å². The Bertz CT molecular complexity index is 3960. The van der Waals surface area contributed by atoms with Crippen LogP contribution in [0.1, 0.15) is 127 Å². The minimum atomic E-state index is -1.29. The quantitative estimate of drug-likeness (QED) is 0.0604. The second-order valence-corrected chi connectivity index (χ2v) is 24.8. The summed E-state index contributed by atoms with van der Waals surface area (Å²) in [5, 5.41) is 47.0. The summed E-state index contributed by atoms with van der Waals surface area (Å²) in [6.07, 6.45) is -1.51. The van der Waals surface area contributed by atoms with Crippen molar-refractivity contribution in [2.24, 2.45) is 5.92 Å². The van der Waals surface area contributed by atoms with Gasteiger partial charge in [-0.15, -0.1) is 68.0 Å². The van der Waals surface area contributed by atoms with E-state index in [0.717, 1.165) is 34.0 Å². The van der Waals surface area contributed by atoms with Crippen LogP contribution in [0.15, 0.2) is 88.3 Å². The number of aromatic carboxylic acids is 1. The van der Waals surface area contributed by atoms with Gasteiger partial charge in [0, 0.05) is 51.7 Å². The third-order valence-corrected chi connectivity index (χ3v) is 18.6. The first kappa shape index (κ1) is 58.8. The predicted octanol–water partition coefficient (Wildman–Crippen LogP) is 8.26. The van der Waals surface area contributed by atoms with Crippen LogP contribution in [0.2, 0.25) is 0 Å². The number of aryl methyl sites for hydroxylation is 1. The lowest BCUT2D eigenvalue weighted by Crippen LogP contribution is -2.40. The number of methoxy groups -OCH3 is 1. The van der Waals surface area contributed by atoms with Gasteiger partial charge >= 0.3 is 5.97 Å². The van der Waals surface area contributed by atoms with Crippen molar-refractivity contribution in [3.8, 4) is 43.4 Å². The molecule has 0 saturated carbocycles. The molecular formula is C55H49N13O10S6. The highest BCUT2D eigenvalue weighted by Gasteiger charge is 2.33.